The fourth-order valence-corrected chi connectivity index (χ4v) is 2.00. The minimum absolute atomic E-state index is 0.532. The Morgan fingerprint density at radius 1 is 1.57 bits per heavy atom. The van der Waals surface area contributed by atoms with E-state index in [2.05, 4.69) is 30.3 Å². The molecule has 0 spiro atoms. The minimum atomic E-state index is 0.532. The fraction of sp³-hybridized carbons (Fsp3) is 0.583. The Hall–Kier alpha value is -0.890. The lowest BCUT2D eigenvalue weighted by Crippen LogP contribution is -2.35. The van der Waals surface area contributed by atoms with Crippen LogP contribution in [-0.2, 0) is 6.42 Å². The van der Waals surface area contributed by atoms with E-state index in [0.717, 1.165) is 6.42 Å². The van der Waals surface area contributed by atoms with E-state index in [9.17, 15) is 0 Å². The maximum Gasteiger partial charge on any atom is 0.0300 e. The summed E-state index contributed by atoms with van der Waals surface area (Å²) < 4.78 is 0. The zero-order valence-electron chi connectivity index (χ0n) is 8.96. The lowest BCUT2D eigenvalue weighted by atomic mass is 9.93. The number of hydrogen-bond donors (Lipinski definition) is 1. The lowest BCUT2D eigenvalue weighted by molar-refractivity contribution is 0.376. The molecule has 2 rings (SSSR count). The summed E-state index contributed by atoms with van der Waals surface area (Å²) >= 11 is 0. The van der Waals surface area contributed by atoms with Crippen LogP contribution in [0.1, 0.15) is 25.3 Å². The molecule has 2 nitrogen and oxygen atoms in total. The van der Waals surface area contributed by atoms with Gasteiger partial charge < -0.3 is 5.32 Å². The Bertz CT molecular complexity index is 290. The summed E-state index contributed by atoms with van der Waals surface area (Å²) in [5.74, 6) is 0. The second-order valence-electron chi connectivity index (χ2n) is 4.56. The van der Waals surface area contributed by atoms with E-state index in [1.54, 1.807) is 0 Å². The van der Waals surface area contributed by atoms with Crippen molar-refractivity contribution in [2.24, 2.45) is 5.41 Å². The van der Waals surface area contributed by atoms with Crippen molar-refractivity contribution in [2.45, 2.75) is 32.2 Å². The second-order valence-corrected chi connectivity index (χ2v) is 4.56. The van der Waals surface area contributed by atoms with Crippen LogP contribution in [0.15, 0.2) is 24.5 Å². The van der Waals surface area contributed by atoms with E-state index in [1.807, 2.05) is 18.5 Å². The van der Waals surface area contributed by atoms with Crippen LogP contribution in [0, 0.1) is 5.41 Å². The number of aromatic nitrogens is 1. The Morgan fingerprint density at radius 3 is 2.86 bits per heavy atom. The molecule has 0 bridgehead atoms. The predicted octanol–water partition coefficient (Wildman–Crippen LogP) is 2.01. The van der Waals surface area contributed by atoms with Crippen molar-refractivity contribution in [3.63, 3.8) is 0 Å². The van der Waals surface area contributed by atoms with Crippen LogP contribution < -0.4 is 5.32 Å². The summed E-state index contributed by atoms with van der Waals surface area (Å²) in [4.78, 5) is 4.15. The van der Waals surface area contributed by atoms with Gasteiger partial charge in [-0.25, -0.2) is 0 Å². The zero-order chi connectivity index (χ0) is 10.0. The average Bonchev–Trinajstić information content (AvgIpc) is 2.95. The van der Waals surface area contributed by atoms with Gasteiger partial charge in [0.1, 0.15) is 0 Å². The third kappa shape index (κ3) is 1.95. The smallest absolute Gasteiger partial charge is 0.0300 e. The molecule has 1 N–H and O–H groups in total. The molecule has 0 amide bonds. The van der Waals surface area contributed by atoms with Crippen LogP contribution >= 0.6 is 0 Å². The van der Waals surface area contributed by atoms with Crippen molar-refractivity contribution in [3.05, 3.63) is 30.1 Å². The van der Waals surface area contributed by atoms with Crippen LogP contribution in [0.5, 0.6) is 0 Å². The summed E-state index contributed by atoms with van der Waals surface area (Å²) in [6, 6.07) is 4.77. The lowest BCUT2D eigenvalue weighted by Gasteiger charge is -2.22. The van der Waals surface area contributed by atoms with Crippen molar-refractivity contribution in [1.82, 2.24) is 10.3 Å². The molecule has 14 heavy (non-hydrogen) atoms. The van der Waals surface area contributed by atoms with Crippen molar-refractivity contribution in [3.8, 4) is 0 Å². The molecule has 1 aliphatic carbocycles. The van der Waals surface area contributed by atoms with E-state index in [4.69, 9.17) is 0 Å². The second kappa shape index (κ2) is 3.70. The third-order valence-electron chi connectivity index (χ3n) is 3.39. The monoisotopic (exact) mass is 190 g/mol. The first-order valence-corrected chi connectivity index (χ1v) is 5.31. The summed E-state index contributed by atoms with van der Waals surface area (Å²) in [5.41, 5.74) is 1.87. The number of hydrogen-bond acceptors (Lipinski definition) is 2. The molecule has 1 heterocycles. The van der Waals surface area contributed by atoms with Crippen molar-refractivity contribution in [2.75, 3.05) is 7.05 Å². The fourth-order valence-electron chi connectivity index (χ4n) is 2.00. The molecule has 1 saturated carbocycles. The Balaban J connectivity index is 2.02. The highest BCUT2D eigenvalue weighted by atomic mass is 14.9. The molecule has 2 heteroatoms. The molecule has 0 aliphatic heterocycles. The maximum atomic E-state index is 4.15. The zero-order valence-corrected chi connectivity index (χ0v) is 8.96. The third-order valence-corrected chi connectivity index (χ3v) is 3.39. The molecule has 1 fully saturated rings. The molecular formula is C12H18N2. The van der Waals surface area contributed by atoms with Gasteiger partial charge in [-0.3, -0.25) is 4.98 Å². The van der Waals surface area contributed by atoms with E-state index in [1.165, 1.54) is 18.4 Å². The summed E-state index contributed by atoms with van der Waals surface area (Å²) in [7, 11) is 2.06. The Morgan fingerprint density at radius 2 is 2.36 bits per heavy atom. The molecule has 1 aliphatic rings. The minimum Gasteiger partial charge on any atom is -0.316 e. The molecule has 76 valence electrons. The topological polar surface area (TPSA) is 24.9 Å². The summed E-state index contributed by atoms with van der Waals surface area (Å²) in [6.07, 6.45) is 7.62. The van der Waals surface area contributed by atoms with Crippen LogP contribution in [0.4, 0.5) is 0 Å². The van der Waals surface area contributed by atoms with Crippen molar-refractivity contribution < 1.29 is 0 Å². The van der Waals surface area contributed by atoms with Gasteiger partial charge in [0.05, 0.1) is 0 Å². The van der Waals surface area contributed by atoms with Gasteiger partial charge >= 0.3 is 0 Å². The number of likely N-dealkylation sites (N-methyl/N-ethyl adjacent to an activating group) is 1. The standard InChI is InChI=1S/C12H18N2/c1-12(5-6-12)11(13-2)8-10-4-3-7-14-9-10/h3-4,7,9,11,13H,5-6,8H2,1-2H3. The Labute approximate surface area is 85.7 Å². The number of nitrogens with one attached hydrogen (secondary N) is 1. The van der Waals surface area contributed by atoms with E-state index in [-0.39, 0.29) is 0 Å². The summed E-state index contributed by atoms with van der Waals surface area (Å²) in [5, 5.41) is 3.43. The first-order chi connectivity index (χ1) is 6.74. The van der Waals surface area contributed by atoms with Crippen LogP contribution in [0.25, 0.3) is 0 Å². The van der Waals surface area contributed by atoms with Gasteiger partial charge in [0.15, 0.2) is 0 Å². The van der Waals surface area contributed by atoms with E-state index in [0.29, 0.717) is 11.5 Å². The van der Waals surface area contributed by atoms with Gasteiger partial charge in [0.25, 0.3) is 0 Å². The number of rotatable bonds is 4. The van der Waals surface area contributed by atoms with Gasteiger partial charge in [-0.1, -0.05) is 13.0 Å². The van der Waals surface area contributed by atoms with Gasteiger partial charge in [0.2, 0.25) is 0 Å². The summed E-state index contributed by atoms with van der Waals surface area (Å²) in [6.45, 7) is 2.37. The van der Waals surface area contributed by atoms with Gasteiger partial charge in [-0.15, -0.1) is 0 Å². The molecule has 1 aromatic heterocycles. The van der Waals surface area contributed by atoms with Gasteiger partial charge in [0, 0.05) is 18.4 Å². The number of pyridine rings is 1. The molecule has 0 radical (unpaired) electrons. The highest BCUT2D eigenvalue weighted by Gasteiger charge is 2.43. The highest BCUT2D eigenvalue weighted by Crippen LogP contribution is 2.48. The SMILES string of the molecule is CNC(Cc1cccnc1)C1(C)CC1. The average molecular weight is 190 g/mol. The van der Waals surface area contributed by atoms with Crippen LogP contribution in [0.3, 0.4) is 0 Å². The van der Waals surface area contributed by atoms with Crippen LogP contribution in [-0.4, -0.2) is 18.1 Å². The Kier molecular flexibility index (Phi) is 2.55. The quantitative estimate of drug-likeness (QED) is 0.785. The predicted molar refractivity (Wildman–Crippen MR) is 58.1 cm³/mol. The van der Waals surface area contributed by atoms with Crippen molar-refractivity contribution >= 4 is 0 Å². The molecule has 1 aromatic rings. The van der Waals surface area contributed by atoms with E-state index < -0.39 is 0 Å². The molecule has 1 unspecified atom stereocenters. The first-order valence-electron chi connectivity index (χ1n) is 5.31. The maximum absolute atomic E-state index is 4.15. The largest absolute Gasteiger partial charge is 0.316 e. The molecule has 0 saturated heterocycles. The molecular weight excluding hydrogens is 172 g/mol. The number of nitrogens with zero attached hydrogens (tertiary/aromatic N) is 1. The van der Waals surface area contributed by atoms with E-state index >= 15 is 0 Å². The molecule has 0 aromatic carbocycles. The van der Waals surface area contributed by atoms with Crippen LogP contribution in [0.2, 0.25) is 0 Å². The van der Waals surface area contributed by atoms with Gasteiger partial charge in [-0.2, -0.15) is 0 Å². The van der Waals surface area contributed by atoms with Gasteiger partial charge in [-0.05, 0) is 43.4 Å². The first kappa shape index (κ1) is 9.66. The highest BCUT2D eigenvalue weighted by molar-refractivity contribution is 5.13. The van der Waals surface area contributed by atoms with Crippen molar-refractivity contribution in [1.29, 1.82) is 0 Å². The normalized spacial score (nSPS) is 20.4. The molecule has 1 atom stereocenters.